The van der Waals surface area contributed by atoms with Crippen LogP contribution in [0.5, 0.6) is 0 Å². The molecule has 0 aliphatic carbocycles. The molecule has 1 unspecified atom stereocenters. The van der Waals surface area contributed by atoms with Gasteiger partial charge in [0, 0.05) is 12.2 Å². The molecule has 0 spiro atoms. The van der Waals surface area contributed by atoms with Gasteiger partial charge in [0.2, 0.25) is 0 Å². The van der Waals surface area contributed by atoms with E-state index in [0.717, 1.165) is 17.7 Å². The number of carbonyl (C=O) groups excluding carboxylic acids is 1. The van der Waals surface area contributed by atoms with E-state index in [-0.39, 0.29) is 11.5 Å². The summed E-state index contributed by atoms with van der Waals surface area (Å²) in [6.45, 7) is 4.42. The van der Waals surface area contributed by atoms with Gasteiger partial charge in [0.1, 0.15) is 5.82 Å². The minimum atomic E-state index is -0.418. The molecule has 3 rings (SSSR count). The average Bonchev–Trinajstić information content (AvgIpc) is 2.48. The molecular formula is C18H18FNO. The van der Waals surface area contributed by atoms with Crippen molar-refractivity contribution >= 4 is 11.6 Å². The Morgan fingerprint density at radius 3 is 2.76 bits per heavy atom. The number of para-hydroxylation sites is 1. The first-order valence-corrected chi connectivity index (χ1v) is 7.23. The second-order valence-corrected chi connectivity index (χ2v) is 5.79. The molecule has 0 bridgehead atoms. The third-order valence-corrected chi connectivity index (χ3v) is 4.01. The van der Waals surface area contributed by atoms with Crippen LogP contribution in [0.25, 0.3) is 0 Å². The molecule has 0 saturated carbocycles. The Morgan fingerprint density at radius 2 is 1.95 bits per heavy atom. The van der Waals surface area contributed by atoms with Gasteiger partial charge in [0.15, 0.2) is 0 Å². The zero-order chi connectivity index (χ0) is 15.0. The number of aryl methyl sites for hydroxylation is 1. The van der Waals surface area contributed by atoms with Crippen LogP contribution in [-0.2, 0) is 6.42 Å². The van der Waals surface area contributed by atoms with E-state index >= 15 is 0 Å². The third-order valence-electron chi connectivity index (χ3n) is 4.01. The Labute approximate surface area is 124 Å². The molecule has 2 aromatic carbocycles. The molecule has 1 atom stereocenters. The van der Waals surface area contributed by atoms with E-state index in [1.165, 1.54) is 0 Å². The largest absolute Gasteiger partial charge is 0.308 e. The van der Waals surface area contributed by atoms with Gasteiger partial charge >= 0.3 is 0 Å². The molecule has 21 heavy (non-hydrogen) atoms. The van der Waals surface area contributed by atoms with Gasteiger partial charge in [-0.05, 0) is 42.5 Å². The number of hydrogen-bond acceptors (Lipinski definition) is 1. The zero-order valence-corrected chi connectivity index (χ0v) is 12.3. The first kappa shape index (κ1) is 13.8. The summed E-state index contributed by atoms with van der Waals surface area (Å²) in [5.41, 5.74) is 2.71. The second-order valence-electron chi connectivity index (χ2n) is 5.79. The maximum atomic E-state index is 14.2. The van der Waals surface area contributed by atoms with Gasteiger partial charge in [-0.1, -0.05) is 37.3 Å². The lowest BCUT2D eigenvalue weighted by atomic mass is 9.93. The van der Waals surface area contributed by atoms with Crippen LogP contribution >= 0.6 is 0 Å². The Kier molecular flexibility index (Phi) is 3.50. The van der Waals surface area contributed by atoms with Crippen molar-refractivity contribution < 1.29 is 9.18 Å². The molecule has 0 fully saturated rings. The van der Waals surface area contributed by atoms with Crippen LogP contribution in [0.4, 0.5) is 10.1 Å². The fourth-order valence-corrected chi connectivity index (χ4v) is 2.95. The normalized spacial score (nSPS) is 17.5. The number of benzene rings is 2. The Hall–Kier alpha value is -2.16. The SMILES string of the molecule is Cc1cccc(C(=O)N2CC(C)Cc3ccccc32)c1F. The fourth-order valence-electron chi connectivity index (χ4n) is 2.95. The molecular weight excluding hydrogens is 265 g/mol. The predicted octanol–water partition coefficient (Wildman–Crippen LogP) is 3.97. The molecule has 0 radical (unpaired) electrons. The number of rotatable bonds is 1. The number of anilines is 1. The van der Waals surface area contributed by atoms with Gasteiger partial charge in [-0.3, -0.25) is 4.79 Å². The van der Waals surface area contributed by atoms with Crippen molar-refractivity contribution in [3.63, 3.8) is 0 Å². The number of hydrogen-bond donors (Lipinski definition) is 0. The van der Waals surface area contributed by atoms with Crippen molar-refractivity contribution in [3.8, 4) is 0 Å². The van der Waals surface area contributed by atoms with Crippen molar-refractivity contribution in [1.82, 2.24) is 0 Å². The molecule has 1 heterocycles. The van der Waals surface area contributed by atoms with Gasteiger partial charge in [0.05, 0.1) is 5.56 Å². The summed E-state index contributed by atoms with van der Waals surface area (Å²) in [4.78, 5) is 14.5. The topological polar surface area (TPSA) is 20.3 Å². The third kappa shape index (κ3) is 2.44. The first-order chi connectivity index (χ1) is 10.1. The number of halogens is 1. The summed E-state index contributed by atoms with van der Waals surface area (Å²) in [6, 6.07) is 12.8. The van der Waals surface area contributed by atoms with E-state index in [2.05, 4.69) is 6.92 Å². The Morgan fingerprint density at radius 1 is 1.19 bits per heavy atom. The van der Waals surface area contributed by atoms with E-state index in [9.17, 15) is 9.18 Å². The maximum absolute atomic E-state index is 14.2. The van der Waals surface area contributed by atoms with Crippen molar-refractivity contribution in [2.24, 2.45) is 5.92 Å². The van der Waals surface area contributed by atoms with Crippen LogP contribution in [-0.4, -0.2) is 12.5 Å². The lowest BCUT2D eigenvalue weighted by Gasteiger charge is -2.33. The lowest BCUT2D eigenvalue weighted by molar-refractivity contribution is 0.0977. The lowest BCUT2D eigenvalue weighted by Crippen LogP contribution is -2.39. The summed E-state index contributed by atoms with van der Waals surface area (Å²) in [5.74, 6) is -0.301. The van der Waals surface area contributed by atoms with Gasteiger partial charge in [-0.2, -0.15) is 0 Å². The highest BCUT2D eigenvalue weighted by atomic mass is 19.1. The van der Waals surface area contributed by atoms with E-state index in [1.54, 1.807) is 30.0 Å². The molecule has 2 nitrogen and oxygen atoms in total. The molecule has 0 saturated heterocycles. The smallest absolute Gasteiger partial charge is 0.261 e. The average molecular weight is 283 g/mol. The van der Waals surface area contributed by atoms with Crippen LogP contribution in [0, 0.1) is 18.7 Å². The van der Waals surface area contributed by atoms with Crippen LogP contribution in [0.1, 0.15) is 28.4 Å². The fraction of sp³-hybridized carbons (Fsp3) is 0.278. The molecule has 3 heteroatoms. The molecule has 1 aliphatic rings. The van der Waals surface area contributed by atoms with E-state index in [0.29, 0.717) is 18.0 Å². The van der Waals surface area contributed by atoms with Crippen LogP contribution < -0.4 is 4.90 Å². The van der Waals surface area contributed by atoms with Gasteiger partial charge in [-0.25, -0.2) is 4.39 Å². The monoisotopic (exact) mass is 283 g/mol. The standard InChI is InChI=1S/C18H18FNO/c1-12-10-14-7-3-4-9-16(14)20(11-12)18(21)15-8-5-6-13(2)17(15)19/h3-9,12H,10-11H2,1-2H3. The summed E-state index contributed by atoms with van der Waals surface area (Å²) in [6.07, 6.45) is 0.955. The quantitative estimate of drug-likeness (QED) is 0.775. The highest BCUT2D eigenvalue weighted by Gasteiger charge is 2.28. The van der Waals surface area contributed by atoms with Crippen molar-refractivity contribution in [3.05, 3.63) is 65.0 Å². The zero-order valence-electron chi connectivity index (χ0n) is 12.3. The molecule has 1 amide bonds. The van der Waals surface area contributed by atoms with Crippen LogP contribution in [0.2, 0.25) is 0 Å². The number of carbonyl (C=O) groups is 1. The van der Waals surface area contributed by atoms with Crippen molar-refractivity contribution in [2.45, 2.75) is 20.3 Å². The number of fused-ring (bicyclic) bond motifs is 1. The summed E-state index contributed by atoms with van der Waals surface area (Å²) in [7, 11) is 0. The molecule has 1 aliphatic heterocycles. The molecule has 2 aromatic rings. The van der Waals surface area contributed by atoms with Crippen molar-refractivity contribution in [1.29, 1.82) is 0 Å². The molecule has 0 aromatic heterocycles. The number of amides is 1. The van der Waals surface area contributed by atoms with E-state index in [4.69, 9.17) is 0 Å². The van der Waals surface area contributed by atoms with Gasteiger partial charge in [-0.15, -0.1) is 0 Å². The second kappa shape index (κ2) is 5.32. The van der Waals surface area contributed by atoms with Gasteiger partial charge < -0.3 is 4.90 Å². The van der Waals surface area contributed by atoms with Crippen LogP contribution in [0.3, 0.4) is 0 Å². The van der Waals surface area contributed by atoms with E-state index < -0.39 is 5.82 Å². The van der Waals surface area contributed by atoms with Crippen LogP contribution in [0.15, 0.2) is 42.5 Å². The Balaban J connectivity index is 2.04. The minimum Gasteiger partial charge on any atom is -0.308 e. The summed E-state index contributed by atoms with van der Waals surface area (Å²) in [5, 5.41) is 0. The van der Waals surface area contributed by atoms with E-state index in [1.807, 2.05) is 24.3 Å². The Bertz CT molecular complexity index is 695. The summed E-state index contributed by atoms with van der Waals surface area (Å²) >= 11 is 0. The summed E-state index contributed by atoms with van der Waals surface area (Å²) < 4.78 is 14.2. The molecule has 108 valence electrons. The number of nitrogens with zero attached hydrogens (tertiary/aromatic N) is 1. The highest BCUT2D eigenvalue weighted by Crippen LogP contribution is 2.31. The minimum absolute atomic E-state index is 0.152. The van der Waals surface area contributed by atoms with Gasteiger partial charge in [0.25, 0.3) is 5.91 Å². The maximum Gasteiger partial charge on any atom is 0.261 e. The van der Waals surface area contributed by atoms with Crippen molar-refractivity contribution in [2.75, 3.05) is 11.4 Å². The molecule has 0 N–H and O–H groups in total. The first-order valence-electron chi connectivity index (χ1n) is 7.23. The highest BCUT2D eigenvalue weighted by molar-refractivity contribution is 6.07. The predicted molar refractivity (Wildman–Crippen MR) is 82.1 cm³/mol.